The summed E-state index contributed by atoms with van der Waals surface area (Å²) < 4.78 is 5.43. The molecule has 5 rings (SSSR count). The van der Waals surface area contributed by atoms with E-state index < -0.39 is 0 Å². The van der Waals surface area contributed by atoms with E-state index >= 15 is 0 Å². The van der Waals surface area contributed by atoms with E-state index in [1.54, 1.807) is 12.1 Å². The molecule has 0 fully saturated rings. The average molecular weight is 472 g/mol. The van der Waals surface area contributed by atoms with Crippen LogP contribution in [0.3, 0.4) is 0 Å². The van der Waals surface area contributed by atoms with E-state index in [1.807, 2.05) is 53.4 Å². The number of carbonyl (C=O) groups is 1. The second kappa shape index (κ2) is 9.65. The van der Waals surface area contributed by atoms with Crippen molar-refractivity contribution in [3.63, 3.8) is 0 Å². The minimum absolute atomic E-state index is 0.0146. The highest BCUT2D eigenvalue weighted by atomic mass is 35.5. The first-order valence-corrected chi connectivity index (χ1v) is 11.8. The zero-order chi connectivity index (χ0) is 23.5. The van der Waals surface area contributed by atoms with E-state index in [-0.39, 0.29) is 18.0 Å². The third-order valence-electron chi connectivity index (χ3n) is 6.27. The van der Waals surface area contributed by atoms with Gasteiger partial charge in [0.2, 0.25) is 0 Å². The van der Waals surface area contributed by atoms with Gasteiger partial charge in [0.15, 0.2) is 5.76 Å². The van der Waals surface area contributed by atoms with Crippen molar-refractivity contribution in [1.29, 1.82) is 0 Å². The molecule has 34 heavy (non-hydrogen) atoms. The number of amides is 1. The average Bonchev–Trinajstić information content (AvgIpc) is 3.41. The maximum absolute atomic E-state index is 13.3. The first kappa shape index (κ1) is 22.1. The Bertz CT molecular complexity index is 1240. The number of hydrogen-bond donors (Lipinski definition) is 1. The molecule has 3 aromatic carbocycles. The van der Waals surface area contributed by atoms with Crippen molar-refractivity contribution in [3.8, 4) is 0 Å². The van der Waals surface area contributed by atoms with Crippen molar-refractivity contribution in [3.05, 3.63) is 114 Å². The number of nitrogens with one attached hydrogen (secondary N) is 1. The number of fused-ring (bicyclic) bond motifs is 1. The van der Waals surface area contributed by atoms with Crippen LogP contribution in [0.4, 0.5) is 17.1 Å². The molecule has 2 unspecified atom stereocenters. The van der Waals surface area contributed by atoms with E-state index in [0.717, 1.165) is 29.0 Å². The lowest BCUT2D eigenvalue weighted by molar-refractivity contribution is 0.0946. The molecule has 0 bridgehead atoms. The smallest absolute Gasteiger partial charge is 0.294 e. The molecule has 2 heterocycles. The van der Waals surface area contributed by atoms with Crippen LogP contribution in [0.15, 0.2) is 102 Å². The Morgan fingerprint density at radius 3 is 2.47 bits per heavy atom. The normalized spacial score (nSPS) is 17.2. The Kier molecular flexibility index (Phi) is 6.28. The van der Waals surface area contributed by atoms with Gasteiger partial charge in [0, 0.05) is 28.1 Å². The van der Waals surface area contributed by atoms with Gasteiger partial charge >= 0.3 is 0 Å². The Labute approximate surface area is 204 Å². The monoisotopic (exact) mass is 471 g/mol. The number of furan rings is 1. The summed E-state index contributed by atoms with van der Waals surface area (Å²) in [7, 11) is 0. The molecule has 0 radical (unpaired) electrons. The summed E-state index contributed by atoms with van der Waals surface area (Å²) in [6, 6.07) is 29.8. The molecule has 0 saturated heterocycles. The molecule has 1 N–H and O–H groups in total. The molecule has 1 amide bonds. The predicted molar refractivity (Wildman–Crippen MR) is 138 cm³/mol. The van der Waals surface area contributed by atoms with Crippen molar-refractivity contribution < 1.29 is 9.21 Å². The van der Waals surface area contributed by atoms with Crippen molar-refractivity contribution in [2.75, 3.05) is 21.8 Å². The van der Waals surface area contributed by atoms with Crippen LogP contribution in [0.5, 0.6) is 0 Å². The summed E-state index contributed by atoms with van der Waals surface area (Å²) in [5.74, 6) is 0.235. The van der Waals surface area contributed by atoms with E-state index in [0.29, 0.717) is 17.5 Å². The highest BCUT2D eigenvalue weighted by Crippen LogP contribution is 2.42. The highest BCUT2D eigenvalue weighted by Gasteiger charge is 2.37. The SMILES string of the molecule is CC1CC(N(CNc2ccc(Cl)cc2)c2ccccc2)c2ccccc2N1C(=O)c1ccco1. The lowest BCUT2D eigenvalue weighted by Gasteiger charge is -2.44. The van der Waals surface area contributed by atoms with Crippen molar-refractivity contribution in [2.45, 2.75) is 25.4 Å². The summed E-state index contributed by atoms with van der Waals surface area (Å²) in [4.78, 5) is 17.5. The third kappa shape index (κ3) is 4.39. The number of anilines is 3. The van der Waals surface area contributed by atoms with E-state index in [9.17, 15) is 4.79 Å². The number of benzene rings is 3. The molecule has 1 aliphatic rings. The van der Waals surface area contributed by atoms with Gasteiger partial charge in [-0.1, -0.05) is 48.0 Å². The van der Waals surface area contributed by atoms with E-state index in [4.69, 9.17) is 16.0 Å². The minimum atomic E-state index is -0.117. The number of nitrogens with zero attached hydrogens (tertiary/aromatic N) is 2. The van der Waals surface area contributed by atoms with Gasteiger partial charge in [-0.05, 0) is 73.5 Å². The van der Waals surface area contributed by atoms with E-state index in [2.05, 4.69) is 47.5 Å². The molecule has 0 spiro atoms. The number of halogens is 1. The maximum atomic E-state index is 13.3. The Morgan fingerprint density at radius 1 is 1.00 bits per heavy atom. The lowest BCUT2D eigenvalue weighted by atomic mass is 9.90. The van der Waals surface area contributed by atoms with Gasteiger partial charge in [-0.2, -0.15) is 0 Å². The van der Waals surface area contributed by atoms with Crippen LogP contribution in [-0.2, 0) is 0 Å². The fraction of sp³-hybridized carbons (Fsp3) is 0.179. The quantitative estimate of drug-likeness (QED) is 0.308. The van der Waals surface area contributed by atoms with Gasteiger partial charge in [-0.3, -0.25) is 4.79 Å². The number of hydrogen-bond acceptors (Lipinski definition) is 4. The Morgan fingerprint density at radius 2 is 1.74 bits per heavy atom. The summed E-state index contributed by atoms with van der Waals surface area (Å²) >= 11 is 6.06. The Balaban J connectivity index is 1.50. The van der Waals surface area contributed by atoms with Crippen LogP contribution in [0.25, 0.3) is 0 Å². The number of para-hydroxylation sites is 2. The predicted octanol–water partition coefficient (Wildman–Crippen LogP) is 6.99. The molecular weight excluding hydrogens is 446 g/mol. The fourth-order valence-corrected chi connectivity index (χ4v) is 4.78. The molecule has 172 valence electrons. The summed E-state index contributed by atoms with van der Waals surface area (Å²) in [5, 5.41) is 4.25. The maximum Gasteiger partial charge on any atom is 0.294 e. The number of rotatable bonds is 6. The van der Waals surface area contributed by atoms with Crippen LogP contribution in [0, 0.1) is 0 Å². The van der Waals surface area contributed by atoms with Gasteiger partial charge in [0.25, 0.3) is 5.91 Å². The van der Waals surface area contributed by atoms with Gasteiger partial charge in [0.05, 0.1) is 19.0 Å². The van der Waals surface area contributed by atoms with Gasteiger partial charge in [-0.25, -0.2) is 0 Å². The van der Waals surface area contributed by atoms with Crippen molar-refractivity contribution >= 4 is 34.6 Å². The van der Waals surface area contributed by atoms with Gasteiger partial charge < -0.3 is 19.5 Å². The molecule has 2 atom stereocenters. The fourth-order valence-electron chi connectivity index (χ4n) is 4.65. The van der Waals surface area contributed by atoms with Gasteiger partial charge in [0.1, 0.15) is 0 Å². The highest BCUT2D eigenvalue weighted by molar-refractivity contribution is 6.30. The minimum Gasteiger partial charge on any atom is -0.459 e. The molecule has 6 heteroatoms. The molecule has 0 saturated carbocycles. The van der Waals surface area contributed by atoms with Crippen molar-refractivity contribution in [2.24, 2.45) is 0 Å². The van der Waals surface area contributed by atoms with Crippen LogP contribution < -0.4 is 15.1 Å². The molecular formula is C28H26ClN3O2. The second-order valence-corrected chi connectivity index (χ2v) is 8.90. The largest absolute Gasteiger partial charge is 0.459 e. The standard InChI is InChI=1S/C28H26ClN3O2/c1-20-18-26(24-10-5-6-11-25(24)32(20)28(33)27-12-7-17-34-27)31(23-8-3-2-4-9-23)19-30-22-15-13-21(29)14-16-22/h2-17,20,26,30H,18-19H2,1H3. The number of carbonyl (C=O) groups excluding carboxylic acids is 1. The molecule has 4 aromatic rings. The first-order valence-electron chi connectivity index (χ1n) is 11.4. The summed E-state index contributed by atoms with van der Waals surface area (Å²) in [6.45, 7) is 2.70. The summed E-state index contributed by atoms with van der Waals surface area (Å²) in [6.07, 6.45) is 2.32. The second-order valence-electron chi connectivity index (χ2n) is 8.46. The topological polar surface area (TPSA) is 48.7 Å². The summed E-state index contributed by atoms with van der Waals surface area (Å²) in [5.41, 5.74) is 4.14. The zero-order valence-electron chi connectivity index (χ0n) is 18.9. The first-order chi connectivity index (χ1) is 16.6. The molecule has 5 nitrogen and oxygen atoms in total. The molecule has 1 aromatic heterocycles. The van der Waals surface area contributed by atoms with Crippen LogP contribution in [0.2, 0.25) is 5.02 Å². The third-order valence-corrected chi connectivity index (χ3v) is 6.52. The Hall–Kier alpha value is -3.70. The van der Waals surface area contributed by atoms with Crippen molar-refractivity contribution in [1.82, 2.24) is 0 Å². The molecule has 1 aliphatic heterocycles. The zero-order valence-corrected chi connectivity index (χ0v) is 19.7. The van der Waals surface area contributed by atoms with Crippen LogP contribution >= 0.6 is 11.6 Å². The van der Waals surface area contributed by atoms with Gasteiger partial charge in [-0.15, -0.1) is 0 Å². The molecule has 0 aliphatic carbocycles. The van der Waals surface area contributed by atoms with Crippen LogP contribution in [0.1, 0.15) is 35.5 Å². The van der Waals surface area contributed by atoms with Crippen LogP contribution in [-0.4, -0.2) is 18.6 Å². The van der Waals surface area contributed by atoms with E-state index in [1.165, 1.54) is 6.26 Å². The lowest BCUT2D eigenvalue weighted by Crippen LogP contribution is -2.47.